The number of fused-ring (bicyclic) bond motifs is 1. The summed E-state index contributed by atoms with van der Waals surface area (Å²) in [6.07, 6.45) is -0.924. The molecule has 26 heavy (non-hydrogen) atoms. The fourth-order valence-electron chi connectivity index (χ4n) is 3.19. The Morgan fingerprint density at radius 3 is 2.54 bits per heavy atom. The Hall–Kier alpha value is -2.86. The molecule has 2 atom stereocenters. The van der Waals surface area contributed by atoms with Crippen LogP contribution < -0.4 is 4.74 Å². The summed E-state index contributed by atoms with van der Waals surface area (Å²) in [4.78, 5) is 32.0. The van der Waals surface area contributed by atoms with Gasteiger partial charge in [-0.1, -0.05) is 47.1 Å². The van der Waals surface area contributed by atoms with Crippen molar-refractivity contribution in [1.29, 1.82) is 0 Å². The fourth-order valence-corrected chi connectivity index (χ4v) is 3.43. The number of hydrogen-bond acceptors (Lipinski definition) is 5. The Balaban J connectivity index is 1.59. The van der Waals surface area contributed by atoms with Gasteiger partial charge in [-0.2, -0.15) is 0 Å². The molecule has 0 saturated carbocycles. The Morgan fingerprint density at radius 2 is 1.85 bits per heavy atom. The van der Waals surface area contributed by atoms with Gasteiger partial charge in [-0.05, 0) is 23.8 Å². The van der Waals surface area contributed by atoms with E-state index >= 15 is 0 Å². The van der Waals surface area contributed by atoms with Gasteiger partial charge in [0.1, 0.15) is 17.4 Å². The SMILES string of the molecule is COc1ccc(CN2C(=O)[C@H]3C(c4ccccc4Cl)=NO[C@H]3C2=O)cc1. The van der Waals surface area contributed by atoms with Crippen LogP contribution in [0.5, 0.6) is 5.75 Å². The van der Waals surface area contributed by atoms with Crippen LogP contribution in [0.3, 0.4) is 0 Å². The topological polar surface area (TPSA) is 68.2 Å². The van der Waals surface area contributed by atoms with E-state index in [9.17, 15) is 9.59 Å². The zero-order chi connectivity index (χ0) is 18.3. The lowest BCUT2D eigenvalue weighted by molar-refractivity contribution is -0.142. The summed E-state index contributed by atoms with van der Waals surface area (Å²) in [6, 6.07) is 14.3. The van der Waals surface area contributed by atoms with Gasteiger partial charge in [-0.15, -0.1) is 0 Å². The Bertz CT molecular complexity index is 910. The average Bonchev–Trinajstić information content (AvgIpc) is 3.19. The molecule has 7 heteroatoms. The van der Waals surface area contributed by atoms with E-state index in [1.165, 1.54) is 4.90 Å². The summed E-state index contributed by atoms with van der Waals surface area (Å²) in [6.45, 7) is 0.174. The van der Waals surface area contributed by atoms with Gasteiger partial charge in [0.05, 0.1) is 13.7 Å². The van der Waals surface area contributed by atoms with Crippen molar-refractivity contribution in [2.24, 2.45) is 11.1 Å². The maximum atomic E-state index is 12.9. The Labute approximate surface area is 154 Å². The summed E-state index contributed by atoms with van der Waals surface area (Å²) in [5.41, 5.74) is 1.83. The van der Waals surface area contributed by atoms with Crippen LogP contribution in [0, 0.1) is 5.92 Å². The van der Waals surface area contributed by atoms with Crippen LogP contribution in [0.1, 0.15) is 11.1 Å². The molecule has 6 nitrogen and oxygen atoms in total. The van der Waals surface area contributed by atoms with Crippen LogP contribution in [-0.4, -0.2) is 35.6 Å². The zero-order valence-electron chi connectivity index (χ0n) is 13.9. The molecule has 132 valence electrons. The predicted octanol–water partition coefficient (Wildman–Crippen LogP) is 2.64. The molecular formula is C19H15ClN2O4. The minimum Gasteiger partial charge on any atom is -0.497 e. The fraction of sp³-hybridized carbons (Fsp3) is 0.211. The van der Waals surface area contributed by atoms with Gasteiger partial charge < -0.3 is 9.57 Å². The van der Waals surface area contributed by atoms with Gasteiger partial charge in [-0.25, -0.2) is 0 Å². The zero-order valence-corrected chi connectivity index (χ0v) is 14.6. The van der Waals surface area contributed by atoms with Crippen LogP contribution in [0.4, 0.5) is 0 Å². The average molecular weight is 371 g/mol. The van der Waals surface area contributed by atoms with Crippen molar-refractivity contribution in [3.63, 3.8) is 0 Å². The monoisotopic (exact) mass is 370 g/mol. The van der Waals surface area contributed by atoms with E-state index in [0.29, 0.717) is 22.0 Å². The molecule has 2 aromatic rings. The number of carbonyl (C=O) groups excluding carboxylic acids is 2. The number of ether oxygens (including phenoxy) is 1. The third-order valence-electron chi connectivity index (χ3n) is 4.55. The normalized spacial score (nSPS) is 21.5. The number of carbonyl (C=O) groups is 2. The molecule has 2 amide bonds. The van der Waals surface area contributed by atoms with Gasteiger partial charge in [0.15, 0.2) is 0 Å². The number of imide groups is 1. The molecule has 1 fully saturated rings. The summed E-state index contributed by atoms with van der Waals surface area (Å²) in [5.74, 6) is -0.768. The van der Waals surface area contributed by atoms with Crippen LogP contribution in [0.2, 0.25) is 5.02 Å². The van der Waals surface area contributed by atoms with E-state index in [-0.39, 0.29) is 18.4 Å². The summed E-state index contributed by atoms with van der Waals surface area (Å²) in [7, 11) is 1.58. The van der Waals surface area contributed by atoms with Crippen molar-refractivity contribution in [3.05, 3.63) is 64.7 Å². The van der Waals surface area contributed by atoms with Crippen molar-refractivity contribution in [3.8, 4) is 5.75 Å². The molecule has 0 unspecified atom stereocenters. The largest absolute Gasteiger partial charge is 0.497 e. The van der Waals surface area contributed by atoms with Gasteiger partial charge in [0.25, 0.3) is 5.91 Å². The Kier molecular flexibility index (Phi) is 4.12. The first kappa shape index (κ1) is 16.6. The highest BCUT2D eigenvalue weighted by Crippen LogP contribution is 2.35. The van der Waals surface area contributed by atoms with Crippen molar-refractivity contribution in [2.45, 2.75) is 12.6 Å². The maximum Gasteiger partial charge on any atom is 0.274 e. The van der Waals surface area contributed by atoms with Crippen LogP contribution in [0.25, 0.3) is 0 Å². The van der Waals surface area contributed by atoms with E-state index in [1.54, 1.807) is 43.5 Å². The van der Waals surface area contributed by atoms with Gasteiger partial charge in [0, 0.05) is 10.6 Å². The van der Waals surface area contributed by atoms with Crippen molar-refractivity contribution in [2.75, 3.05) is 7.11 Å². The van der Waals surface area contributed by atoms with Crippen molar-refractivity contribution < 1.29 is 19.2 Å². The predicted molar refractivity (Wildman–Crippen MR) is 94.9 cm³/mol. The lowest BCUT2D eigenvalue weighted by Gasteiger charge is -2.15. The van der Waals surface area contributed by atoms with Gasteiger partial charge >= 0.3 is 0 Å². The first-order valence-electron chi connectivity index (χ1n) is 8.07. The number of methoxy groups -OCH3 is 1. The second kappa shape index (κ2) is 6.46. The molecule has 2 aromatic carbocycles. The lowest BCUT2D eigenvalue weighted by atomic mass is 9.94. The highest BCUT2D eigenvalue weighted by atomic mass is 35.5. The molecule has 0 spiro atoms. The van der Waals surface area contributed by atoms with Crippen LogP contribution in [-0.2, 0) is 21.0 Å². The molecule has 1 saturated heterocycles. The number of likely N-dealkylation sites (tertiary alicyclic amines) is 1. The highest BCUT2D eigenvalue weighted by molar-refractivity contribution is 6.36. The minimum absolute atomic E-state index is 0.174. The molecular weight excluding hydrogens is 356 g/mol. The Morgan fingerprint density at radius 1 is 1.12 bits per heavy atom. The van der Waals surface area contributed by atoms with Crippen LogP contribution >= 0.6 is 11.6 Å². The number of nitrogens with zero attached hydrogens (tertiary/aromatic N) is 2. The number of oxime groups is 1. The van der Waals surface area contributed by atoms with Crippen LogP contribution in [0.15, 0.2) is 53.7 Å². The standard InChI is InChI=1S/C19H15ClN2O4/c1-25-12-8-6-11(7-9-12)10-22-18(23)15-16(21-26-17(15)19(22)24)13-4-2-3-5-14(13)20/h2-9,15,17H,10H2,1H3/t15-,17+/m0/s1. The molecule has 2 aliphatic heterocycles. The van der Waals surface area contributed by atoms with E-state index in [0.717, 1.165) is 5.56 Å². The molecule has 2 heterocycles. The third-order valence-corrected chi connectivity index (χ3v) is 4.88. The number of amides is 2. The van der Waals surface area contributed by atoms with Crippen molar-refractivity contribution in [1.82, 2.24) is 4.90 Å². The maximum absolute atomic E-state index is 12.9. The molecule has 0 aromatic heterocycles. The molecule has 4 rings (SSSR count). The van der Waals surface area contributed by atoms with E-state index in [4.69, 9.17) is 21.2 Å². The minimum atomic E-state index is -0.924. The second-order valence-electron chi connectivity index (χ2n) is 6.07. The second-order valence-corrected chi connectivity index (χ2v) is 6.48. The quantitative estimate of drug-likeness (QED) is 0.776. The molecule has 2 aliphatic rings. The molecule has 0 N–H and O–H groups in total. The lowest BCUT2D eigenvalue weighted by Crippen LogP contribution is -2.32. The number of rotatable bonds is 4. The van der Waals surface area contributed by atoms with Gasteiger partial charge in [0.2, 0.25) is 12.0 Å². The molecule has 0 aliphatic carbocycles. The first-order chi connectivity index (χ1) is 12.6. The van der Waals surface area contributed by atoms with E-state index < -0.39 is 12.0 Å². The number of halogens is 1. The number of benzene rings is 2. The first-order valence-corrected chi connectivity index (χ1v) is 8.44. The van der Waals surface area contributed by atoms with Crippen molar-refractivity contribution >= 4 is 29.1 Å². The van der Waals surface area contributed by atoms with Gasteiger partial charge in [-0.3, -0.25) is 14.5 Å². The summed E-state index contributed by atoms with van der Waals surface area (Å²) in [5, 5.41) is 4.43. The molecule has 0 bridgehead atoms. The summed E-state index contributed by atoms with van der Waals surface area (Å²) < 4.78 is 5.12. The third kappa shape index (κ3) is 2.63. The van der Waals surface area contributed by atoms with E-state index in [2.05, 4.69) is 5.16 Å². The smallest absolute Gasteiger partial charge is 0.274 e. The highest BCUT2D eigenvalue weighted by Gasteiger charge is 2.55. The number of hydrogen-bond donors (Lipinski definition) is 0. The van der Waals surface area contributed by atoms with E-state index in [1.807, 2.05) is 12.1 Å². The summed E-state index contributed by atoms with van der Waals surface area (Å²) >= 11 is 6.22. The molecule has 0 radical (unpaired) electrons.